The summed E-state index contributed by atoms with van der Waals surface area (Å²) < 4.78 is 28.8. The lowest BCUT2D eigenvalue weighted by atomic mass is 9.96. The fourth-order valence-corrected chi connectivity index (χ4v) is 5.34. The molecule has 0 aliphatic heterocycles. The summed E-state index contributed by atoms with van der Waals surface area (Å²) in [4.78, 5) is 10.1. The fourth-order valence-electron chi connectivity index (χ4n) is 4.46. The molecule has 3 heterocycles. The van der Waals surface area contributed by atoms with E-state index in [0.717, 1.165) is 33.8 Å². The number of nitrogens with one attached hydrogen (secondary N) is 2. The van der Waals surface area contributed by atoms with Gasteiger partial charge in [-0.25, -0.2) is 18.4 Å². The lowest BCUT2D eigenvalue weighted by Gasteiger charge is -2.22. The molecule has 7 nitrogen and oxygen atoms in total. The maximum atomic E-state index is 13.8. The summed E-state index contributed by atoms with van der Waals surface area (Å²) in [5.74, 6) is 6.11. The summed E-state index contributed by atoms with van der Waals surface area (Å²) in [6.45, 7) is 10.9. The second kappa shape index (κ2) is 10.4. The van der Waals surface area contributed by atoms with Gasteiger partial charge in [0, 0.05) is 28.7 Å². The van der Waals surface area contributed by atoms with E-state index in [9.17, 15) is 8.78 Å². The smallest absolute Gasteiger partial charge is 0.263 e. The van der Waals surface area contributed by atoms with Crippen molar-refractivity contribution in [1.82, 2.24) is 25.0 Å². The van der Waals surface area contributed by atoms with Crippen molar-refractivity contribution in [3.8, 4) is 11.8 Å². The van der Waals surface area contributed by atoms with Crippen LogP contribution >= 0.6 is 22.9 Å². The topological polar surface area (TPSA) is 80.6 Å². The fraction of sp³-hybridized carbons (Fsp3) is 0.429. The van der Waals surface area contributed by atoms with Gasteiger partial charge in [-0.2, -0.15) is 0 Å². The molecule has 0 saturated heterocycles. The Morgan fingerprint density at radius 3 is 2.62 bits per heavy atom. The van der Waals surface area contributed by atoms with Crippen LogP contribution in [0.3, 0.4) is 0 Å². The Kier molecular flexibility index (Phi) is 7.25. The van der Waals surface area contributed by atoms with Crippen LogP contribution in [-0.4, -0.2) is 37.9 Å². The van der Waals surface area contributed by atoms with Crippen molar-refractivity contribution in [3.05, 3.63) is 56.9 Å². The third-order valence-corrected chi connectivity index (χ3v) is 7.84. The Balaban J connectivity index is 1.59. The van der Waals surface area contributed by atoms with Crippen LogP contribution in [0, 0.1) is 24.2 Å². The number of anilines is 2. The van der Waals surface area contributed by atoms with Crippen LogP contribution in [0.5, 0.6) is 0 Å². The highest BCUT2D eigenvalue weighted by Crippen LogP contribution is 2.48. The Labute approximate surface area is 235 Å². The molecule has 1 aliphatic carbocycles. The Hall–Kier alpha value is -3.29. The van der Waals surface area contributed by atoms with Crippen LogP contribution in [0.25, 0.3) is 10.9 Å². The summed E-state index contributed by atoms with van der Waals surface area (Å²) in [6, 6.07) is 3.25. The molecule has 2 N–H and O–H groups in total. The van der Waals surface area contributed by atoms with Crippen LogP contribution in [-0.2, 0) is 5.54 Å². The van der Waals surface area contributed by atoms with Gasteiger partial charge in [0.05, 0.1) is 39.2 Å². The van der Waals surface area contributed by atoms with Gasteiger partial charge < -0.3 is 10.6 Å². The average molecular weight is 570 g/mol. The predicted molar refractivity (Wildman–Crippen MR) is 153 cm³/mol. The van der Waals surface area contributed by atoms with E-state index in [2.05, 4.69) is 63.5 Å². The number of hydrogen-bond donors (Lipinski definition) is 2. The van der Waals surface area contributed by atoms with Crippen LogP contribution in [0.1, 0.15) is 68.4 Å². The number of fused-ring (bicyclic) bond motifs is 1. The number of pyridine rings is 1. The molecule has 39 heavy (non-hydrogen) atoms. The number of hydrogen-bond acceptors (Lipinski definition) is 7. The van der Waals surface area contributed by atoms with E-state index in [-0.39, 0.29) is 5.41 Å². The largest absolute Gasteiger partial charge is 0.383 e. The number of aromatic nitrogens is 5. The van der Waals surface area contributed by atoms with E-state index in [1.165, 1.54) is 16.0 Å². The highest BCUT2D eigenvalue weighted by molar-refractivity contribution is 7.09. The maximum absolute atomic E-state index is 13.8. The molecule has 1 aliphatic rings. The van der Waals surface area contributed by atoms with Crippen molar-refractivity contribution in [2.45, 2.75) is 65.5 Å². The van der Waals surface area contributed by atoms with E-state index in [1.54, 1.807) is 30.9 Å². The molecule has 0 radical (unpaired) electrons. The van der Waals surface area contributed by atoms with Crippen LogP contribution < -0.4 is 10.6 Å². The number of aryl methyl sites for hydroxylation is 1. The first-order valence-corrected chi connectivity index (χ1v) is 13.9. The predicted octanol–water partition coefficient (Wildman–Crippen LogP) is 7.03. The van der Waals surface area contributed by atoms with Crippen molar-refractivity contribution < 1.29 is 8.78 Å². The first-order valence-electron chi connectivity index (χ1n) is 12.7. The Morgan fingerprint density at radius 2 is 2.00 bits per heavy atom. The van der Waals surface area contributed by atoms with Gasteiger partial charge in [0.2, 0.25) is 0 Å². The minimum absolute atomic E-state index is 0.0301. The molecule has 3 aromatic heterocycles. The lowest BCUT2D eigenvalue weighted by molar-refractivity contribution is 0.0593. The number of benzene rings is 1. The molecular weight excluding hydrogens is 540 g/mol. The summed E-state index contributed by atoms with van der Waals surface area (Å²) in [5, 5.41) is 16.7. The molecular formula is C28H30ClF2N7S. The van der Waals surface area contributed by atoms with Crippen LogP contribution in [0.2, 0.25) is 5.02 Å². The van der Waals surface area contributed by atoms with Crippen molar-refractivity contribution in [3.63, 3.8) is 0 Å². The van der Waals surface area contributed by atoms with Gasteiger partial charge in [-0.1, -0.05) is 43.5 Å². The summed E-state index contributed by atoms with van der Waals surface area (Å²) in [6.07, 6.45) is 1.58. The SMILES string of the molecule is CC#Cc1cnc2c(Cl)cc(N[C@H](c3cn(C4(C(F)F)CC4)nn3)c3ncsc3C)cc2c1NCC(C)(C)C. The first-order chi connectivity index (χ1) is 18.5. The highest BCUT2D eigenvalue weighted by Gasteiger charge is 2.54. The summed E-state index contributed by atoms with van der Waals surface area (Å²) >= 11 is 8.26. The van der Waals surface area contributed by atoms with Gasteiger partial charge in [0.15, 0.2) is 0 Å². The third-order valence-electron chi connectivity index (χ3n) is 6.78. The van der Waals surface area contributed by atoms with Crippen LogP contribution in [0.4, 0.5) is 20.2 Å². The Bertz CT molecular complexity index is 1570. The number of rotatable bonds is 8. The van der Waals surface area contributed by atoms with Gasteiger partial charge in [0.1, 0.15) is 17.3 Å². The first kappa shape index (κ1) is 27.3. The van der Waals surface area contributed by atoms with Gasteiger partial charge in [-0.15, -0.1) is 22.4 Å². The van der Waals surface area contributed by atoms with E-state index >= 15 is 0 Å². The van der Waals surface area contributed by atoms with E-state index in [1.807, 2.05) is 13.0 Å². The lowest BCUT2D eigenvalue weighted by Crippen LogP contribution is -2.26. The van der Waals surface area contributed by atoms with E-state index in [0.29, 0.717) is 34.8 Å². The summed E-state index contributed by atoms with van der Waals surface area (Å²) in [7, 11) is 0. The zero-order chi connectivity index (χ0) is 27.9. The number of halogens is 3. The molecule has 0 amide bonds. The van der Waals surface area contributed by atoms with Gasteiger partial charge in [0.25, 0.3) is 6.43 Å². The molecule has 0 unspecified atom stereocenters. The summed E-state index contributed by atoms with van der Waals surface area (Å²) in [5.41, 5.74) is 4.76. The van der Waals surface area contributed by atoms with E-state index < -0.39 is 18.0 Å². The quantitative estimate of drug-likeness (QED) is 0.222. The normalized spacial score (nSPS) is 15.2. The highest BCUT2D eigenvalue weighted by atomic mass is 35.5. The van der Waals surface area contributed by atoms with Gasteiger partial charge >= 0.3 is 0 Å². The standard InChI is InChI=1S/C28H30ClF2N7S/c1-6-7-17-12-32-24-19(23(17)33-14-27(3,4)5)10-18(11-20(24)29)35-25(22-16(2)39-15-34-22)21-13-38(37-36-21)28(8-9-28)26(30)31/h10-13,15,25-26,35H,8-9,14H2,1-5H3,(H,32,33)/t25-/m1/s1. The molecule has 0 bridgehead atoms. The molecule has 4 aromatic rings. The molecule has 11 heteroatoms. The van der Waals surface area contributed by atoms with Crippen molar-refractivity contribution >= 4 is 45.2 Å². The van der Waals surface area contributed by atoms with Crippen LogP contribution in [0.15, 0.2) is 30.0 Å². The second-order valence-corrected chi connectivity index (χ2v) is 12.5. The van der Waals surface area contributed by atoms with Crippen molar-refractivity contribution in [1.29, 1.82) is 0 Å². The molecule has 1 saturated carbocycles. The average Bonchev–Trinajstić information content (AvgIpc) is 3.34. The van der Waals surface area contributed by atoms with Gasteiger partial charge in [-0.3, -0.25) is 4.98 Å². The zero-order valence-electron chi connectivity index (χ0n) is 22.4. The molecule has 0 spiro atoms. The molecule has 1 fully saturated rings. The van der Waals surface area contributed by atoms with Gasteiger partial charge in [-0.05, 0) is 44.2 Å². The zero-order valence-corrected chi connectivity index (χ0v) is 24.0. The van der Waals surface area contributed by atoms with Crippen molar-refractivity contribution in [2.75, 3.05) is 17.2 Å². The van der Waals surface area contributed by atoms with E-state index in [4.69, 9.17) is 11.6 Å². The minimum Gasteiger partial charge on any atom is -0.383 e. The third kappa shape index (κ3) is 5.43. The minimum atomic E-state index is -2.51. The molecule has 5 rings (SSSR count). The molecule has 1 atom stereocenters. The second-order valence-electron chi connectivity index (χ2n) is 11.1. The maximum Gasteiger partial charge on any atom is 0.263 e. The number of thiazole rings is 1. The van der Waals surface area contributed by atoms with Crippen molar-refractivity contribution in [2.24, 2.45) is 5.41 Å². The Morgan fingerprint density at radius 1 is 1.23 bits per heavy atom. The number of alkyl halides is 2. The monoisotopic (exact) mass is 569 g/mol. The molecule has 1 aromatic carbocycles. The number of nitrogens with zero attached hydrogens (tertiary/aromatic N) is 5. The molecule has 204 valence electrons.